The van der Waals surface area contributed by atoms with Crippen LogP contribution >= 0.6 is 11.8 Å². The van der Waals surface area contributed by atoms with E-state index in [4.69, 9.17) is 9.15 Å². The molecular weight excluding hydrogens is 377 g/mol. The van der Waals surface area contributed by atoms with Crippen LogP contribution in [0.4, 0.5) is 13.2 Å². The minimum absolute atomic E-state index is 0.220. The summed E-state index contributed by atoms with van der Waals surface area (Å²) >= 11 is 1.69. The van der Waals surface area contributed by atoms with E-state index in [1.807, 2.05) is 12.1 Å². The fourth-order valence-electron chi connectivity index (χ4n) is 2.98. The van der Waals surface area contributed by atoms with Crippen LogP contribution in [-0.2, 0) is 6.18 Å². The van der Waals surface area contributed by atoms with Gasteiger partial charge in [-0.15, -0.1) is 11.8 Å². The molecule has 1 aromatic carbocycles. The lowest BCUT2D eigenvalue weighted by molar-refractivity contribution is -0.138. The molecule has 0 aliphatic carbocycles. The molecule has 1 N–H and O–H groups in total. The molecule has 27 heavy (non-hydrogen) atoms. The van der Waals surface area contributed by atoms with Gasteiger partial charge in [0.1, 0.15) is 17.1 Å². The van der Waals surface area contributed by atoms with E-state index >= 15 is 0 Å². The van der Waals surface area contributed by atoms with Gasteiger partial charge in [-0.3, -0.25) is 4.98 Å². The van der Waals surface area contributed by atoms with Crippen LogP contribution < -0.4 is 10.1 Å². The smallest absolute Gasteiger partial charge is 0.419 e. The van der Waals surface area contributed by atoms with Crippen LogP contribution in [-0.4, -0.2) is 24.5 Å². The van der Waals surface area contributed by atoms with Crippen molar-refractivity contribution in [3.05, 3.63) is 52.9 Å². The summed E-state index contributed by atoms with van der Waals surface area (Å²) in [7, 11) is 1.22. The molecule has 4 nitrogen and oxygen atoms in total. The Balaban J connectivity index is 1.82. The van der Waals surface area contributed by atoms with Crippen LogP contribution in [0.2, 0.25) is 0 Å². The highest BCUT2D eigenvalue weighted by Crippen LogP contribution is 2.40. The van der Waals surface area contributed by atoms with Gasteiger partial charge < -0.3 is 14.5 Å². The van der Waals surface area contributed by atoms with Crippen molar-refractivity contribution in [2.45, 2.75) is 6.18 Å². The summed E-state index contributed by atoms with van der Waals surface area (Å²) in [6, 6.07) is 5.78. The SMILES string of the molecule is COc1ccc(-c2cncc3cc(/C=C4/CNCS4)oc23)cc1C(F)(F)F. The number of aromatic nitrogens is 1. The summed E-state index contributed by atoms with van der Waals surface area (Å²) in [6.07, 6.45) is 0.562. The maximum atomic E-state index is 13.3. The topological polar surface area (TPSA) is 47.3 Å². The fraction of sp³-hybridized carbons (Fsp3) is 0.211. The Kier molecular flexibility index (Phi) is 4.61. The molecule has 3 aromatic rings. The van der Waals surface area contributed by atoms with Gasteiger partial charge in [0.25, 0.3) is 0 Å². The highest BCUT2D eigenvalue weighted by Gasteiger charge is 2.34. The highest BCUT2D eigenvalue weighted by atomic mass is 32.2. The number of nitrogens with zero attached hydrogens (tertiary/aromatic N) is 1. The van der Waals surface area contributed by atoms with Crippen molar-refractivity contribution in [1.29, 1.82) is 0 Å². The van der Waals surface area contributed by atoms with E-state index < -0.39 is 11.7 Å². The second-order valence-corrected chi connectivity index (χ2v) is 7.09. The first-order valence-electron chi connectivity index (χ1n) is 8.13. The number of hydrogen-bond acceptors (Lipinski definition) is 5. The van der Waals surface area contributed by atoms with E-state index in [1.54, 1.807) is 24.0 Å². The number of furan rings is 1. The van der Waals surface area contributed by atoms with E-state index in [0.29, 0.717) is 22.5 Å². The Hall–Kier alpha value is -2.45. The predicted molar refractivity (Wildman–Crippen MR) is 99.4 cm³/mol. The molecule has 0 radical (unpaired) electrons. The van der Waals surface area contributed by atoms with Crippen LogP contribution in [0.3, 0.4) is 0 Å². The van der Waals surface area contributed by atoms with E-state index in [1.165, 1.54) is 19.4 Å². The molecule has 1 fully saturated rings. The van der Waals surface area contributed by atoms with Crippen LogP contribution in [0.1, 0.15) is 11.3 Å². The third-order valence-corrected chi connectivity index (χ3v) is 5.20. The Labute approximate surface area is 157 Å². The molecule has 0 unspecified atom stereocenters. The molecule has 0 spiro atoms. The van der Waals surface area contributed by atoms with Crippen LogP contribution in [0.25, 0.3) is 28.2 Å². The van der Waals surface area contributed by atoms with Crippen molar-refractivity contribution < 1.29 is 22.3 Å². The van der Waals surface area contributed by atoms with Crippen molar-refractivity contribution in [2.75, 3.05) is 19.5 Å². The van der Waals surface area contributed by atoms with E-state index in [2.05, 4.69) is 10.3 Å². The molecule has 1 aliphatic rings. The van der Waals surface area contributed by atoms with Gasteiger partial charge in [0.15, 0.2) is 0 Å². The lowest BCUT2D eigenvalue weighted by atomic mass is 10.0. The van der Waals surface area contributed by atoms with Gasteiger partial charge in [0.2, 0.25) is 0 Å². The number of halogens is 3. The number of nitrogens with one attached hydrogen (secondary N) is 1. The molecule has 0 atom stereocenters. The fourth-order valence-corrected chi connectivity index (χ4v) is 3.77. The summed E-state index contributed by atoms with van der Waals surface area (Å²) in [5, 5.41) is 3.95. The van der Waals surface area contributed by atoms with E-state index in [-0.39, 0.29) is 5.75 Å². The van der Waals surface area contributed by atoms with Crippen LogP contribution in [0.5, 0.6) is 5.75 Å². The standard InChI is InChI=1S/C19H15F3N2O2S/c1-25-17-3-2-11(5-16(17)19(20,21)22)15-9-23-7-12-4-13(26-18(12)15)6-14-8-24-10-27-14/h2-7,9,24H,8,10H2,1H3/b14-6-. The molecule has 0 saturated carbocycles. The Morgan fingerprint density at radius 1 is 1.26 bits per heavy atom. The van der Waals surface area contributed by atoms with E-state index in [0.717, 1.165) is 28.8 Å². The van der Waals surface area contributed by atoms with Gasteiger partial charge in [-0.2, -0.15) is 13.2 Å². The maximum absolute atomic E-state index is 13.3. The molecular formula is C19H15F3N2O2S. The molecule has 2 aromatic heterocycles. The monoisotopic (exact) mass is 392 g/mol. The summed E-state index contributed by atoms with van der Waals surface area (Å²) < 4.78 is 50.8. The molecule has 1 aliphatic heterocycles. The zero-order valence-electron chi connectivity index (χ0n) is 14.3. The number of benzene rings is 1. The number of methoxy groups -OCH3 is 1. The Morgan fingerprint density at radius 3 is 2.81 bits per heavy atom. The zero-order chi connectivity index (χ0) is 19.0. The normalized spacial score (nSPS) is 16.4. The van der Waals surface area contributed by atoms with Crippen molar-refractivity contribution in [3.63, 3.8) is 0 Å². The van der Waals surface area contributed by atoms with E-state index in [9.17, 15) is 13.2 Å². The number of ether oxygens (including phenoxy) is 1. The lowest BCUT2D eigenvalue weighted by Crippen LogP contribution is -2.07. The third-order valence-electron chi connectivity index (χ3n) is 4.22. The van der Waals surface area contributed by atoms with Gasteiger partial charge in [0.05, 0.1) is 12.7 Å². The average molecular weight is 392 g/mol. The third kappa shape index (κ3) is 3.54. The second kappa shape index (κ2) is 6.94. The number of alkyl halides is 3. The second-order valence-electron chi connectivity index (χ2n) is 5.99. The average Bonchev–Trinajstić information content (AvgIpc) is 3.29. The van der Waals surface area contributed by atoms with Crippen molar-refractivity contribution in [2.24, 2.45) is 0 Å². The highest BCUT2D eigenvalue weighted by molar-refractivity contribution is 8.03. The number of hydrogen-bond donors (Lipinski definition) is 1. The molecule has 4 rings (SSSR count). The first-order valence-corrected chi connectivity index (χ1v) is 9.11. The largest absolute Gasteiger partial charge is 0.496 e. The summed E-state index contributed by atoms with van der Waals surface area (Å²) in [5.41, 5.74) is 0.544. The van der Waals surface area contributed by atoms with Gasteiger partial charge >= 0.3 is 6.18 Å². The van der Waals surface area contributed by atoms with Crippen molar-refractivity contribution in [3.8, 4) is 16.9 Å². The number of pyridine rings is 1. The first-order chi connectivity index (χ1) is 13.0. The van der Waals surface area contributed by atoms with Gasteiger partial charge in [-0.1, -0.05) is 6.07 Å². The molecule has 0 amide bonds. The van der Waals surface area contributed by atoms with Gasteiger partial charge in [-0.05, 0) is 29.8 Å². The number of fused-ring (bicyclic) bond motifs is 1. The van der Waals surface area contributed by atoms with Crippen molar-refractivity contribution >= 4 is 28.8 Å². The molecule has 140 valence electrons. The van der Waals surface area contributed by atoms with Crippen LogP contribution in [0.15, 0.2) is 46.0 Å². The minimum atomic E-state index is -4.52. The minimum Gasteiger partial charge on any atom is -0.496 e. The van der Waals surface area contributed by atoms with Gasteiger partial charge in [0, 0.05) is 40.7 Å². The van der Waals surface area contributed by atoms with Crippen LogP contribution in [0, 0.1) is 0 Å². The first kappa shape index (κ1) is 17.9. The van der Waals surface area contributed by atoms with Crippen molar-refractivity contribution in [1.82, 2.24) is 10.3 Å². The molecule has 8 heteroatoms. The zero-order valence-corrected chi connectivity index (χ0v) is 15.1. The molecule has 3 heterocycles. The lowest BCUT2D eigenvalue weighted by Gasteiger charge is -2.13. The molecule has 1 saturated heterocycles. The maximum Gasteiger partial charge on any atom is 0.419 e. The summed E-state index contributed by atoms with van der Waals surface area (Å²) in [6.45, 7) is 0.778. The summed E-state index contributed by atoms with van der Waals surface area (Å²) in [4.78, 5) is 5.30. The quantitative estimate of drug-likeness (QED) is 0.667. The Morgan fingerprint density at radius 2 is 2.11 bits per heavy atom. The summed E-state index contributed by atoms with van der Waals surface area (Å²) in [5.74, 6) is 1.28. The Bertz CT molecular complexity index is 1020. The molecule has 0 bridgehead atoms. The number of thioether (sulfide) groups is 1. The predicted octanol–water partition coefficient (Wildman–Crippen LogP) is 5.16. The van der Waals surface area contributed by atoms with Gasteiger partial charge in [-0.25, -0.2) is 0 Å². The number of rotatable bonds is 3.